The molecule has 0 saturated carbocycles. The number of urea groups is 1. The summed E-state index contributed by atoms with van der Waals surface area (Å²) < 4.78 is 0. The van der Waals surface area contributed by atoms with Crippen LogP contribution in [0.4, 0.5) is 10.5 Å². The number of amides is 3. The van der Waals surface area contributed by atoms with Gasteiger partial charge in [0.25, 0.3) is 5.91 Å². The van der Waals surface area contributed by atoms with Gasteiger partial charge < -0.3 is 15.5 Å². The molecular formula is C13H19N3O2. The topological polar surface area (TPSA) is 61.4 Å². The minimum Gasteiger partial charge on any atom is -0.341 e. The number of nitrogens with zero attached hydrogens (tertiary/aromatic N) is 1. The maximum Gasteiger partial charge on any atom is 0.318 e. The van der Waals surface area contributed by atoms with Crippen LogP contribution in [0.25, 0.3) is 0 Å². The van der Waals surface area contributed by atoms with Crippen LogP contribution in [-0.2, 0) is 0 Å². The van der Waals surface area contributed by atoms with Crippen LogP contribution in [0.1, 0.15) is 24.2 Å². The summed E-state index contributed by atoms with van der Waals surface area (Å²) in [5.74, 6) is -0.0273. The van der Waals surface area contributed by atoms with Crippen LogP contribution in [0.5, 0.6) is 0 Å². The van der Waals surface area contributed by atoms with Crippen molar-refractivity contribution in [2.45, 2.75) is 13.8 Å². The molecule has 1 aromatic carbocycles. The number of hydrogen-bond acceptors (Lipinski definition) is 2. The summed E-state index contributed by atoms with van der Waals surface area (Å²) in [5.41, 5.74) is 1.18. The summed E-state index contributed by atoms with van der Waals surface area (Å²) in [6.07, 6.45) is 0. The lowest BCUT2D eigenvalue weighted by molar-refractivity contribution is 0.0773. The smallest absolute Gasteiger partial charge is 0.318 e. The zero-order valence-electron chi connectivity index (χ0n) is 11.0. The van der Waals surface area contributed by atoms with E-state index in [0.717, 1.165) is 0 Å². The molecule has 1 rings (SSSR count). The van der Waals surface area contributed by atoms with Crippen molar-refractivity contribution in [3.05, 3.63) is 29.8 Å². The Bertz CT molecular complexity index is 428. The maximum absolute atomic E-state index is 12.1. The highest BCUT2D eigenvalue weighted by Gasteiger charge is 2.12. The summed E-state index contributed by atoms with van der Waals surface area (Å²) in [4.78, 5) is 25.0. The van der Waals surface area contributed by atoms with E-state index in [1.807, 2.05) is 13.8 Å². The summed E-state index contributed by atoms with van der Waals surface area (Å²) in [6, 6.07) is 6.62. The number of benzene rings is 1. The van der Waals surface area contributed by atoms with Crippen LogP contribution in [-0.4, -0.2) is 37.0 Å². The molecule has 0 bridgehead atoms. The van der Waals surface area contributed by atoms with Crippen LogP contribution < -0.4 is 10.6 Å². The first-order chi connectivity index (χ1) is 8.62. The summed E-state index contributed by atoms with van der Waals surface area (Å²) in [5, 5.41) is 5.10. The lowest BCUT2D eigenvalue weighted by Gasteiger charge is -2.18. The Balaban J connectivity index is 2.87. The second-order valence-electron chi connectivity index (χ2n) is 3.76. The molecule has 0 aromatic heterocycles. The molecule has 5 nitrogen and oxygen atoms in total. The van der Waals surface area contributed by atoms with Crippen molar-refractivity contribution in [1.82, 2.24) is 10.2 Å². The molecule has 98 valence electrons. The molecule has 3 amide bonds. The van der Waals surface area contributed by atoms with Crippen molar-refractivity contribution < 1.29 is 9.59 Å². The fourth-order valence-corrected chi connectivity index (χ4v) is 1.62. The zero-order valence-corrected chi connectivity index (χ0v) is 11.0. The average Bonchev–Trinajstić information content (AvgIpc) is 2.40. The molecule has 0 aliphatic carbocycles. The van der Waals surface area contributed by atoms with E-state index >= 15 is 0 Å². The van der Waals surface area contributed by atoms with Gasteiger partial charge in [-0.25, -0.2) is 4.79 Å². The highest BCUT2D eigenvalue weighted by atomic mass is 16.2. The van der Waals surface area contributed by atoms with Gasteiger partial charge in [0.2, 0.25) is 0 Å². The van der Waals surface area contributed by atoms with Crippen molar-refractivity contribution in [2.75, 3.05) is 25.5 Å². The van der Waals surface area contributed by atoms with Crippen molar-refractivity contribution in [3.63, 3.8) is 0 Å². The number of hydrogen-bond donors (Lipinski definition) is 2. The number of carbonyl (C=O) groups is 2. The zero-order chi connectivity index (χ0) is 13.5. The van der Waals surface area contributed by atoms with Gasteiger partial charge in [-0.15, -0.1) is 0 Å². The Hall–Kier alpha value is -2.04. The molecule has 0 radical (unpaired) electrons. The fraction of sp³-hybridized carbons (Fsp3) is 0.385. The summed E-state index contributed by atoms with van der Waals surface area (Å²) in [6.45, 7) is 5.22. The SMILES string of the molecule is CCN(CC)C(=O)c1cccc(NC(=O)NC)c1. The lowest BCUT2D eigenvalue weighted by atomic mass is 10.1. The van der Waals surface area contributed by atoms with Gasteiger partial charge in [-0.05, 0) is 32.0 Å². The molecule has 5 heteroatoms. The summed E-state index contributed by atoms with van der Waals surface area (Å²) in [7, 11) is 1.54. The third-order valence-electron chi connectivity index (χ3n) is 2.65. The minimum atomic E-state index is -0.303. The van der Waals surface area contributed by atoms with E-state index in [4.69, 9.17) is 0 Å². The largest absolute Gasteiger partial charge is 0.341 e. The first-order valence-corrected chi connectivity index (χ1v) is 6.00. The van der Waals surface area contributed by atoms with Crippen LogP contribution in [0.3, 0.4) is 0 Å². The maximum atomic E-state index is 12.1. The van der Waals surface area contributed by atoms with Crippen molar-refractivity contribution >= 4 is 17.6 Å². The first kappa shape index (κ1) is 14.0. The van der Waals surface area contributed by atoms with E-state index in [-0.39, 0.29) is 11.9 Å². The molecule has 0 unspecified atom stereocenters. The predicted molar refractivity (Wildman–Crippen MR) is 71.8 cm³/mol. The molecule has 1 aromatic rings. The molecule has 0 spiro atoms. The molecule has 0 heterocycles. The van der Waals surface area contributed by atoms with Gasteiger partial charge >= 0.3 is 6.03 Å². The molecule has 2 N–H and O–H groups in total. The fourth-order valence-electron chi connectivity index (χ4n) is 1.62. The van der Waals surface area contributed by atoms with Gasteiger partial charge in [0.05, 0.1) is 0 Å². The number of carbonyl (C=O) groups excluding carboxylic acids is 2. The van der Waals surface area contributed by atoms with Crippen molar-refractivity contribution in [3.8, 4) is 0 Å². The molecule has 0 saturated heterocycles. The third kappa shape index (κ3) is 3.48. The first-order valence-electron chi connectivity index (χ1n) is 6.00. The van der Waals surface area contributed by atoms with Gasteiger partial charge in [-0.2, -0.15) is 0 Å². The van der Waals surface area contributed by atoms with E-state index in [1.54, 1.807) is 36.2 Å². The van der Waals surface area contributed by atoms with Gasteiger partial charge in [0, 0.05) is 31.4 Å². The lowest BCUT2D eigenvalue weighted by Crippen LogP contribution is -2.30. The predicted octanol–water partition coefficient (Wildman–Crippen LogP) is 1.92. The highest BCUT2D eigenvalue weighted by molar-refractivity contribution is 5.96. The normalized spacial score (nSPS) is 9.72. The van der Waals surface area contributed by atoms with Crippen LogP contribution in [0.2, 0.25) is 0 Å². The molecule has 0 fully saturated rings. The molecule has 0 aliphatic heterocycles. The quantitative estimate of drug-likeness (QED) is 0.856. The Kier molecular flexibility index (Phi) is 5.17. The van der Waals surface area contributed by atoms with Gasteiger partial charge in [0.15, 0.2) is 0 Å². The van der Waals surface area contributed by atoms with Crippen LogP contribution >= 0.6 is 0 Å². The van der Waals surface area contributed by atoms with Crippen LogP contribution in [0, 0.1) is 0 Å². The average molecular weight is 249 g/mol. The van der Waals surface area contributed by atoms with E-state index in [0.29, 0.717) is 24.3 Å². The Morgan fingerprint density at radius 2 is 1.89 bits per heavy atom. The summed E-state index contributed by atoms with van der Waals surface area (Å²) >= 11 is 0. The van der Waals surface area contributed by atoms with Crippen molar-refractivity contribution in [1.29, 1.82) is 0 Å². The number of anilines is 1. The van der Waals surface area contributed by atoms with Gasteiger partial charge in [0.1, 0.15) is 0 Å². The third-order valence-corrected chi connectivity index (χ3v) is 2.65. The number of rotatable bonds is 4. The van der Waals surface area contributed by atoms with Gasteiger partial charge in [-0.3, -0.25) is 4.79 Å². The standard InChI is InChI=1S/C13H19N3O2/c1-4-16(5-2)12(17)10-7-6-8-11(9-10)15-13(18)14-3/h6-9H,4-5H2,1-3H3,(H2,14,15,18). The second-order valence-corrected chi connectivity index (χ2v) is 3.76. The highest BCUT2D eigenvalue weighted by Crippen LogP contribution is 2.12. The molecule has 0 aliphatic rings. The Morgan fingerprint density at radius 3 is 2.44 bits per heavy atom. The van der Waals surface area contributed by atoms with Crippen LogP contribution in [0.15, 0.2) is 24.3 Å². The van der Waals surface area contributed by atoms with E-state index in [9.17, 15) is 9.59 Å². The minimum absolute atomic E-state index is 0.0273. The second kappa shape index (κ2) is 6.64. The number of nitrogens with one attached hydrogen (secondary N) is 2. The Morgan fingerprint density at radius 1 is 1.22 bits per heavy atom. The van der Waals surface area contributed by atoms with E-state index in [2.05, 4.69) is 10.6 Å². The van der Waals surface area contributed by atoms with Crippen molar-refractivity contribution in [2.24, 2.45) is 0 Å². The monoisotopic (exact) mass is 249 g/mol. The molecular weight excluding hydrogens is 230 g/mol. The van der Waals surface area contributed by atoms with E-state index < -0.39 is 0 Å². The van der Waals surface area contributed by atoms with E-state index in [1.165, 1.54) is 0 Å². The molecule has 18 heavy (non-hydrogen) atoms. The van der Waals surface area contributed by atoms with Gasteiger partial charge in [-0.1, -0.05) is 6.07 Å². The Labute approximate surface area is 107 Å². The molecule has 0 atom stereocenters.